The lowest BCUT2D eigenvalue weighted by molar-refractivity contribution is -0.316. The van der Waals surface area contributed by atoms with Crippen LogP contribution in [0.4, 0.5) is 0 Å². The molecule has 0 spiro atoms. The van der Waals surface area contributed by atoms with E-state index in [-0.39, 0.29) is 24.9 Å². The topological polar surface area (TPSA) is 183 Å². The Labute approximate surface area is 309 Å². The van der Waals surface area contributed by atoms with E-state index in [1.807, 2.05) is 27.7 Å². The van der Waals surface area contributed by atoms with E-state index in [1.54, 1.807) is 41.7 Å². The van der Waals surface area contributed by atoms with Crippen molar-refractivity contribution in [1.29, 1.82) is 0 Å². The monoisotopic (exact) mass is 743 g/mol. The van der Waals surface area contributed by atoms with E-state index < -0.39 is 102 Å². The molecule has 0 saturated carbocycles. The summed E-state index contributed by atoms with van der Waals surface area (Å²) in [4.78, 5) is 28.0. The third kappa shape index (κ3) is 8.20. The molecule has 0 radical (unpaired) electrons. The average molecular weight is 744 g/mol. The third-order valence-electron chi connectivity index (χ3n) is 12.3. The van der Waals surface area contributed by atoms with Gasteiger partial charge >= 0.3 is 5.97 Å². The SMILES string of the molecule is CC[C@H]1OC(=O)[C@H](C)[C@@H](O[C@H]2C[C@@](C)(OC)[C@@H](O)[C@H](C)O2)[C@H](C)[C@@H](O[C@@H]2O[C@H](C)C[C@H](N(C)C(C)=O)[C@H]2O)[C@@]2(C)CC(C)=C(O2)[C@H](C)[C@@H](O)[C@]1(C)O. The van der Waals surface area contributed by atoms with Gasteiger partial charge in [-0.2, -0.15) is 0 Å². The molecule has 0 aromatic carbocycles. The van der Waals surface area contributed by atoms with Crippen molar-refractivity contribution in [2.75, 3.05) is 14.2 Å². The summed E-state index contributed by atoms with van der Waals surface area (Å²) in [5.74, 6) is -2.77. The van der Waals surface area contributed by atoms with Crippen molar-refractivity contribution < 1.29 is 63.2 Å². The zero-order valence-corrected chi connectivity index (χ0v) is 33.3. The zero-order chi connectivity index (χ0) is 39.2. The number of likely N-dealkylation sites (N-methyl/N-ethyl adjacent to an activating group) is 1. The predicted molar refractivity (Wildman–Crippen MR) is 188 cm³/mol. The molecule has 0 aliphatic carbocycles. The van der Waals surface area contributed by atoms with Gasteiger partial charge in [-0.15, -0.1) is 0 Å². The first kappa shape index (κ1) is 42.9. The van der Waals surface area contributed by atoms with Gasteiger partial charge in [-0.1, -0.05) is 20.8 Å². The fraction of sp³-hybridized carbons (Fsp3) is 0.895. The summed E-state index contributed by atoms with van der Waals surface area (Å²) in [5, 5.41) is 46.0. The number of rotatable bonds is 7. The molecular formula is C38H65NO13. The standard InChI is InChI=1S/C38H65NO13/c1-14-26-38(11,45)31(42)20(4)29-18(2)16-37(10,52-29)33(51-35-28(41)25(15-19(3)47-35)39(12)24(8)40)21(5)30(22(6)34(44)49-26)50-27-17-36(9,46-13)32(43)23(7)48-27/h19-23,25-28,30-33,35,41-43,45H,14-17H2,1-13H3/t19-,20+,21+,22-,23+,25+,26-,27+,28-,30+,31-,32+,33-,35+,36-,37-,38-/m1/s1. The first-order valence-corrected chi connectivity index (χ1v) is 18.8. The molecule has 0 unspecified atom stereocenters. The minimum absolute atomic E-state index is 0.140. The quantitative estimate of drug-likeness (QED) is 0.280. The molecule has 3 saturated heterocycles. The molecule has 4 aliphatic heterocycles. The number of carbonyl (C=O) groups is 2. The largest absolute Gasteiger partial charge is 0.489 e. The number of hydrogen-bond donors (Lipinski definition) is 4. The Morgan fingerprint density at radius 2 is 1.63 bits per heavy atom. The van der Waals surface area contributed by atoms with Crippen LogP contribution in [0, 0.1) is 17.8 Å². The van der Waals surface area contributed by atoms with Gasteiger partial charge in [0.15, 0.2) is 12.6 Å². The molecule has 4 N–H and O–H groups in total. The van der Waals surface area contributed by atoms with Crippen molar-refractivity contribution in [1.82, 2.24) is 4.90 Å². The van der Waals surface area contributed by atoms with Gasteiger partial charge in [0.25, 0.3) is 0 Å². The summed E-state index contributed by atoms with van der Waals surface area (Å²) in [6.07, 6.45) is -8.60. The number of hydrogen-bond acceptors (Lipinski definition) is 13. The third-order valence-corrected chi connectivity index (χ3v) is 12.3. The predicted octanol–water partition coefficient (Wildman–Crippen LogP) is 2.81. The van der Waals surface area contributed by atoms with Crippen LogP contribution < -0.4 is 0 Å². The second kappa shape index (κ2) is 16.1. The lowest BCUT2D eigenvalue weighted by Gasteiger charge is -2.48. The number of fused-ring (bicyclic) bond motifs is 2. The van der Waals surface area contributed by atoms with E-state index in [1.165, 1.54) is 25.9 Å². The average Bonchev–Trinajstić information content (AvgIpc) is 3.40. The molecule has 14 nitrogen and oxygen atoms in total. The summed E-state index contributed by atoms with van der Waals surface area (Å²) >= 11 is 0. The number of cyclic esters (lactones) is 1. The van der Waals surface area contributed by atoms with Gasteiger partial charge in [0.1, 0.15) is 41.4 Å². The van der Waals surface area contributed by atoms with Gasteiger partial charge in [-0.3, -0.25) is 9.59 Å². The van der Waals surface area contributed by atoms with Crippen LogP contribution >= 0.6 is 0 Å². The molecule has 0 aromatic heterocycles. The van der Waals surface area contributed by atoms with E-state index in [0.717, 1.165) is 5.57 Å². The van der Waals surface area contributed by atoms with Crippen LogP contribution in [0.1, 0.15) is 102 Å². The number of aliphatic hydroxyl groups is 4. The number of carbonyl (C=O) groups excluding carboxylic acids is 2. The van der Waals surface area contributed by atoms with E-state index in [9.17, 15) is 30.0 Å². The highest BCUT2D eigenvalue weighted by Gasteiger charge is 2.56. The second-order valence-electron chi connectivity index (χ2n) is 16.5. The van der Waals surface area contributed by atoms with Gasteiger partial charge in [-0.05, 0) is 66.9 Å². The van der Waals surface area contributed by atoms with Crippen molar-refractivity contribution in [2.24, 2.45) is 17.8 Å². The van der Waals surface area contributed by atoms with Gasteiger partial charge in [-0.25, -0.2) is 0 Å². The van der Waals surface area contributed by atoms with Crippen LogP contribution in [0.5, 0.6) is 0 Å². The molecule has 3 fully saturated rings. The zero-order valence-electron chi connectivity index (χ0n) is 33.3. The van der Waals surface area contributed by atoms with Gasteiger partial charge in [0.05, 0.1) is 42.0 Å². The lowest BCUT2D eigenvalue weighted by Crippen LogP contribution is -2.60. The van der Waals surface area contributed by atoms with Crippen LogP contribution in [0.15, 0.2) is 11.3 Å². The van der Waals surface area contributed by atoms with Gasteiger partial charge in [0, 0.05) is 45.8 Å². The molecule has 17 atom stereocenters. The van der Waals surface area contributed by atoms with Crippen molar-refractivity contribution in [2.45, 2.75) is 186 Å². The van der Waals surface area contributed by atoms with Crippen LogP contribution in [0.25, 0.3) is 0 Å². The minimum atomic E-state index is -1.85. The number of methoxy groups -OCH3 is 1. The van der Waals surface area contributed by atoms with E-state index >= 15 is 0 Å². The summed E-state index contributed by atoms with van der Waals surface area (Å²) in [6.45, 7) is 19.0. The van der Waals surface area contributed by atoms with E-state index in [2.05, 4.69) is 0 Å². The number of ether oxygens (including phenoxy) is 7. The minimum Gasteiger partial charge on any atom is -0.489 e. The number of aliphatic hydroxyl groups excluding tert-OH is 3. The Morgan fingerprint density at radius 3 is 2.21 bits per heavy atom. The lowest BCUT2D eigenvalue weighted by atomic mass is 9.78. The summed E-state index contributed by atoms with van der Waals surface area (Å²) in [6, 6.07) is -0.594. The number of nitrogens with zero attached hydrogens (tertiary/aromatic N) is 1. The second-order valence-corrected chi connectivity index (χ2v) is 16.5. The molecule has 2 bridgehead atoms. The summed E-state index contributed by atoms with van der Waals surface area (Å²) < 4.78 is 44.5. The molecular weight excluding hydrogens is 678 g/mol. The number of amides is 1. The summed E-state index contributed by atoms with van der Waals surface area (Å²) in [5.41, 5.74) is -3.18. The number of esters is 1. The van der Waals surface area contributed by atoms with Gasteiger partial charge in [0.2, 0.25) is 5.91 Å². The van der Waals surface area contributed by atoms with Crippen LogP contribution in [-0.2, 0) is 42.7 Å². The maximum absolute atomic E-state index is 14.1. The highest BCUT2D eigenvalue weighted by Crippen LogP contribution is 2.47. The Hall–Kier alpha value is -1.88. The Morgan fingerprint density at radius 1 is 1.00 bits per heavy atom. The molecule has 4 rings (SSSR count). The van der Waals surface area contributed by atoms with Crippen molar-refractivity contribution in [3.8, 4) is 0 Å². The fourth-order valence-corrected chi connectivity index (χ4v) is 8.83. The van der Waals surface area contributed by atoms with E-state index in [4.69, 9.17) is 33.2 Å². The van der Waals surface area contributed by atoms with E-state index in [0.29, 0.717) is 18.6 Å². The molecule has 0 aromatic rings. The van der Waals surface area contributed by atoms with Crippen LogP contribution in [-0.4, -0.2) is 136 Å². The first-order chi connectivity index (χ1) is 24.0. The molecule has 300 valence electrons. The molecule has 14 heteroatoms. The molecule has 52 heavy (non-hydrogen) atoms. The maximum Gasteiger partial charge on any atom is 0.311 e. The molecule has 4 heterocycles. The van der Waals surface area contributed by atoms with Crippen molar-refractivity contribution in [3.63, 3.8) is 0 Å². The Balaban J connectivity index is 1.85. The Kier molecular flexibility index (Phi) is 13.2. The molecule has 1 amide bonds. The highest BCUT2D eigenvalue weighted by molar-refractivity contribution is 5.73. The van der Waals surface area contributed by atoms with Crippen LogP contribution in [0.2, 0.25) is 0 Å². The Bertz CT molecular complexity index is 1310. The first-order valence-electron chi connectivity index (χ1n) is 18.8. The van der Waals surface area contributed by atoms with Crippen molar-refractivity contribution in [3.05, 3.63) is 11.3 Å². The van der Waals surface area contributed by atoms with Gasteiger partial charge < -0.3 is 58.5 Å². The highest BCUT2D eigenvalue weighted by atomic mass is 16.7. The fourth-order valence-electron chi connectivity index (χ4n) is 8.83. The molecule has 4 aliphatic rings. The van der Waals surface area contributed by atoms with Crippen molar-refractivity contribution >= 4 is 11.9 Å². The van der Waals surface area contributed by atoms with Crippen LogP contribution in [0.3, 0.4) is 0 Å². The normalized spacial score (nSPS) is 47.8. The maximum atomic E-state index is 14.1. The smallest absolute Gasteiger partial charge is 0.311 e. The summed E-state index contributed by atoms with van der Waals surface area (Å²) in [7, 11) is 3.14.